The topological polar surface area (TPSA) is 91.1 Å². The number of carbonyl (C=O) groups is 1. The van der Waals surface area contributed by atoms with Crippen LogP contribution in [0.25, 0.3) is 0 Å². The van der Waals surface area contributed by atoms with Crippen LogP contribution >= 0.6 is 11.6 Å². The van der Waals surface area contributed by atoms with Crippen molar-refractivity contribution in [1.82, 2.24) is 4.90 Å². The van der Waals surface area contributed by atoms with Crippen LogP contribution in [0.2, 0.25) is 5.02 Å². The van der Waals surface area contributed by atoms with Crippen LogP contribution in [-0.4, -0.2) is 43.1 Å². The van der Waals surface area contributed by atoms with Gasteiger partial charge in [0, 0.05) is 25.2 Å². The van der Waals surface area contributed by atoms with Crippen LogP contribution in [0.15, 0.2) is 30.3 Å². The summed E-state index contributed by atoms with van der Waals surface area (Å²) in [6, 6.07) is 7.67. The number of rotatable bonds is 6. The van der Waals surface area contributed by atoms with Gasteiger partial charge in [-0.1, -0.05) is 11.6 Å². The van der Waals surface area contributed by atoms with E-state index in [2.05, 4.69) is 0 Å². The Bertz CT molecular complexity index is 918. The first-order valence-corrected chi connectivity index (χ1v) is 8.89. The van der Waals surface area contributed by atoms with Gasteiger partial charge in [0.1, 0.15) is 5.75 Å². The molecule has 2 aromatic rings. The molecule has 0 aliphatic carbocycles. The first-order valence-electron chi connectivity index (χ1n) is 8.51. The Balaban J connectivity index is 1.66. The second kappa shape index (κ2) is 8.35. The number of amides is 1. The minimum Gasteiger partial charge on any atom is -0.493 e. The summed E-state index contributed by atoms with van der Waals surface area (Å²) in [6.45, 7) is 0.782. The van der Waals surface area contributed by atoms with E-state index in [0.29, 0.717) is 31.0 Å². The Morgan fingerprint density at radius 3 is 2.43 bits per heavy atom. The Kier molecular flexibility index (Phi) is 5.89. The van der Waals surface area contributed by atoms with Gasteiger partial charge in [-0.3, -0.25) is 14.9 Å². The van der Waals surface area contributed by atoms with Crippen LogP contribution in [0.5, 0.6) is 17.2 Å². The average molecular weight is 407 g/mol. The third-order valence-electron chi connectivity index (χ3n) is 4.55. The summed E-state index contributed by atoms with van der Waals surface area (Å²) in [5, 5.41) is 10.8. The molecule has 8 nitrogen and oxygen atoms in total. The molecule has 0 bridgehead atoms. The second-order valence-corrected chi connectivity index (χ2v) is 6.61. The standard InChI is InChI=1S/C19H19ClN2O6/c1-26-17-7-12-5-6-21(10-13(12)8-18(17)27-2)19(23)11-28-16-4-3-14(22(24)25)9-15(16)20/h3-4,7-9H,5-6,10-11H2,1-2H3. The zero-order chi connectivity index (χ0) is 20.3. The van der Waals surface area contributed by atoms with Gasteiger partial charge in [-0.25, -0.2) is 0 Å². The van der Waals surface area contributed by atoms with Crippen LogP contribution in [0.4, 0.5) is 5.69 Å². The van der Waals surface area contributed by atoms with Crippen LogP contribution in [-0.2, 0) is 17.8 Å². The van der Waals surface area contributed by atoms with Gasteiger partial charge in [-0.05, 0) is 35.7 Å². The molecule has 1 aliphatic rings. The summed E-state index contributed by atoms with van der Waals surface area (Å²) in [7, 11) is 3.15. The Labute approximate surface area is 166 Å². The zero-order valence-corrected chi connectivity index (χ0v) is 16.2. The third-order valence-corrected chi connectivity index (χ3v) is 4.84. The van der Waals surface area contributed by atoms with Gasteiger partial charge < -0.3 is 19.1 Å². The molecule has 0 unspecified atom stereocenters. The number of hydrogen-bond donors (Lipinski definition) is 0. The van der Waals surface area contributed by atoms with Crippen molar-refractivity contribution in [1.29, 1.82) is 0 Å². The molecule has 1 heterocycles. The van der Waals surface area contributed by atoms with Crippen molar-refractivity contribution < 1.29 is 23.9 Å². The molecule has 0 aromatic heterocycles. The number of nitro groups is 1. The van der Waals surface area contributed by atoms with E-state index in [9.17, 15) is 14.9 Å². The van der Waals surface area contributed by atoms with E-state index < -0.39 is 4.92 Å². The van der Waals surface area contributed by atoms with Gasteiger partial charge in [-0.2, -0.15) is 0 Å². The molecular weight excluding hydrogens is 388 g/mol. The zero-order valence-electron chi connectivity index (χ0n) is 15.4. The molecular formula is C19H19ClN2O6. The van der Waals surface area contributed by atoms with Gasteiger partial charge in [0.05, 0.1) is 24.2 Å². The van der Waals surface area contributed by atoms with E-state index >= 15 is 0 Å². The first-order chi connectivity index (χ1) is 13.4. The van der Waals surface area contributed by atoms with Crippen LogP contribution < -0.4 is 14.2 Å². The highest BCUT2D eigenvalue weighted by Gasteiger charge is 2.23. The molecule has 1 aliphatic heterocycles. The van der Waals surface area contributed by atoms with Gasteiger partial charge >= 0.3 is 0 Å². The molecule has 1 amide bonds. The minimum absolute atomic E-state index is 0.0859. The van der Waals surface area contributed by atoms with Gasteiger partial charge in [0.25, 0.3) is 11.6 Å². The highest BCUT2D eigenvalue weighted by atomic mass is 35.5. The van der Waals surface area contributed by atoms with Crippen molar-refractivity contribution in [3.8, 4) is 17.2 Å². The summed E-state index contributed by atoms with van der Waals surface area (Å²) >= 11 is 5.99. The average Bonchev–Trinajstić information content (AvgIpc) is 2.70. The van der Waals surface area contributed by atoms with Crippen molar-refractivity contribution in [3.05, 3.63) is 56.6 Å². The van der Waals surface area contributed by atoms with Crippen LogP contribution in [0, 0.1) is 10.1 Å². The van der Waals surface area contributed by atoms with Crippen LogP contribution in [0.3, 0.4) is 0 Å². The lowest BCUT2D eigenvalue weighted by molar-refractivity contribution is -0.384. The summed E-state index contributed by atoms with van der Waals surface area (Å²) in [5.41, 5.74) is 1.97. The number of halogens is 1. The smallest absolute Gasteiger partial charge is 0.271 e. The third kappa shape index (κ3) is 4.12. The summed E-state index contributed by atoms with van der Waals surface area (Å²) in [6.07, 6.45) is 0.694. The number of nitrogens with zero attached hydrogens (tertiary/aromatic N) is 2. The van der Waals surface area contributed by atoms with E-state index in [1.165, 1.54) is 18.2 Å². The van der Waals surface area contributed by atoms with E-state index in [1.807, 2.05) is 12.1 Å². The van der Waals surface area contributed by atoms with Crippen molar-refractivity contribution >= 4 is 23.2 Å². The van der Waals surface area contributed by atoms with E-state index in [4.69, 9.17) is 25.8 Å². The lowest BCUT2D eigenvalue weighted by Gasteiger charge is -2.29. The van der Waals surface area contributed by atoms with E-state index in [0.717, 1.165) is 11.1 Å². The quantitative estimate of drug-likeness (QED) is 0.540. The number of hydrogen-bond acceptors (Lipinski definition) is 6. The molecule has 0 atom stereocenters. The predicted octanol–water partition coefficient (Wildman–Crippen LogP) is 3.23. The summed E-state index contributed by atoms with van der Waals surface area (Å²) in [4.78, 5) is 24.4. The Morgan fingerprint density at radius 2 is 1.82 bits per heavy atom. The number of non-ortho nitro benzene ring substituents is 1. The monoisotopic (exact) mass is 406 g/mol. The lowest BCUT2D eigenvalue weighted by Crippen LogP contribution is -2.38. The number of ether oxygens (including phenoxy) is 3. The van der Waals surface area contributed by atoms with Crippen LogP contribution in [0.1, 0.15) is 11.1 Å². The summed E-state index contributed by atoms with van der Waals surface area (Å²) in [5.74, 6) is 1.31. The fourth-order valence-electron chi connectivity index (χ4n) is 3.05. The number of nitro benzene ring substituents is 1. The Hall–Kier alpha value is -3.00. The molecule has 3 rings (SSSR count). The largest absolute Gasteiger partial charge is 0.493 e. The number of fused-ring (bicyclic) bond motifs is 1. The fraction of sp³-hybridized carbons (Fsp3) is 0.316. The first kappa shape index (κ1) is 19.8. The molecule has 0 spiro atoms. The van der Waals surface area contributed by atoms with E-state index in [-0.39, 0.29) is 29.0 Å². The molecule has 0 saturated carbocycles. The number of benzene rings is 2. The highest BCUT2D eigenvalue weighted by molar-refractivity contribution is 6.32. The predicted molar refractivity (Wildman–Crippen MR) is 102 cm³/mol. The SMILES string of the molecule is COc1cc2c(cc1OC)CN(C(=O)COc1ccc([N+](=O)[O-])cc1Cl)CC2. The molecule has 148 valence electrons. The lowest BCUT2D eigenvalue weighted by atomic mass is 9.99. The maximum Gasteiger partial charge on any atom is 0.271 e. The van der Waals surface area contributed by atoms with Gasteiger partial charge in [-0.15, -0.1) is 0 Å². The number of carbonyl (C=O) groups excluding carboxylic acids is 1. The molecule has 2 aromatic carbocycles. The molecule has 0 saturated heterocycles. The van der Waals surface area contributed by atoms with Gasteiger partial charge in [0.15, 0.2) is 18.1 Å². The fourth-order valence-corrected chi connectivity index (χ4v) is 3.28. The van der Waals surface area contributed by atoms with Crippen molar-refractivity contribution in [2.24, 2.45) is 0 Å². The second-order valence-electron chi connectivity index (χ2n) is 6.20. The minimum atomic E-state index is -0.546. The maximum atomic E-state index is 12.5. The Morgan fingerprint density at radius 1 is 1.14 bits per heavy atom. The molecule has 0 N–H and O–H groups in total. The molecule has 9 heteroatoms. The molecule has 28 heavy (non-hydrogen) atoms. The molecule has 0 fully saturated rings. The number of methoxy groups -OCH3 is 2. The van der Waals surface area contributed by atoms with E-state index in [1.54, 1.807) is 19.1 Å². The van der Waals surface area contributed by atoms with Gasteiger partial charge in [0.2, 0.25) is 0 Å². The van der Waals surface area contributed by atoms with Crippen molar-refractivity contribution in [3.63, 3.8) is 0 Å². The highest BCUT2D eigenvalue weighted by Crippen LogP contribution is 2.33. The maximum absolute atomic E-state index is 12.5. The molecule has 0 radical (unpaired) electrons. The van der Waals surface area contributed by atoms with Crippen molar-refractivity contribution in [2.75, 3.05) is 27.4 Å². The summed E-state index contributed by atoms with van der Waals surface area (Å²) < 4.78 is 16.1. The van der Waals surface area contributed by atoms with Crippen molar-refractivity contribution in [2.45, 2.75) is 13.0 Å². The normalized spacial score (nSPS) is 12.9.